The molecule has 4 saturated heterocycles. The Bertz CT molecular complexity index is 2180. The largest absolute Gasteiger partial charge is 0.508 e. The van der Waals surface area contributed by atoms with Gasteiger partial charge in [-0.2, -0.15) is 15.1 Å². The van der Waals surface area contributed by atoms with E-state index < -0.39 is 23.3 Å². The smallest absolute Gasteiger partial charge is 0.319 e. The van der Waals surface area contributed by atoms with Gasteiger partial charge in [0.25, 0.3) is 0 Å². The van der Waals surface area contributed by atoms with E-state index in [1.807, 2.05) is 0 Å². The lowest BCUT2D eigenvalue weighted by atomic mass is 9.91. The minimum absolute atomic E-state index is 0.0168. The Morgan fingerprint density at radius 1 is 1.12 bits per heavy atom. The molecule has 0 saturated carbocycles. The standard InChI is InChI=1S/C36H34F3N7O2/c1-3-24-27(38)8-5-19-11-23(47)12-25(28(19)24)29-31(39)33-30(26-17-44(2)43-32(26)29)34(46-21-6-7-22(46)15-40-14-21)42-35(41-33)48-18-36-9-4-10-45(36)16-20(37)13-36/h1,5,8,11-12,17,20-22,40,47H,4,6-7,9-10,13-16,18H2,2H3/t20-,21-,22+,36+/m1/s1. The second-order valence-electron chi connectivity index (χ2n) is 13.8. The van der Waals surface area contributed by atoms with Crippen LogP contribution in [-0.2, 0) is 7.05 Å². The lowest BCUT2D eigenvalue weighted by Crippen LogP contribution is -2.52. The summed E-state index contributed by atoms with van der Waals surface area (Å²) in [5.74, 6) is 1.52. The van der Waals surface area contributed by atoms with E-state index in [2.05, 4.69) is 21.0 Å². The second-order valence-corrected chi connectivity index (χ2v) is 13.8. The fraction of sp³-hybridized carbons (Fsp3) is 0.417. The van der Waals surface area contributed by atoms with Crippen LogP contribution in [0.2, 0.25) is 0 Å². The maximum atomic E-state index is 17.5. The van der Waals surface area contributed by atoms with E-state index in [1.54, 1.807) is 17.9 Å². The lowest BCUT2D eigenvalue weighted by Gasteiger charge is -2.37. The summed E-state index contributed by atoms with van der Waals surface area (Å²) >= 11 is 0. The van der Waals surface area contributed by atoms with Crippen molar-refractivity contribution in [3.05, 3.63) is 47.7 Å². The van der Waals surface area contributed by atoms with Crippen LogP contribution in [0, 0.1) is 24.0 Å². The van der Waals surface area contributed by atoms with Crippen LogP contribution in [0.1, 0.15) is 37.7 Å². The average molecular weight is 654 g/mol. The molecule has 4 aliphatic rings. The van der Waals surface area contributed by atoms with Crippen LogP contribution in [0.15, 0.2) is 30.5 Å². The molecular weight excluding hydrogens is 619 g/mol. The van der Waals surface area contributed by atoms with Gasteiger partial charge in [0.15, 0.2) is 5.82 Å². The highest BCUT2D eigenvalue weighted by Gasteiger charge is 2.49. The van der Waals surface area contributed by atoms with Gasteiger partial charge >= 0.3 is 6.01 Å². The molecule has 0 amide bonds. The number of piperazine rings is 1. The van der Waals surface area contributed by atoms with Crippen molar-refractivity contribution in [2.24, 2.45) is 7.05 Å². The second kappa shape index (κ2) is 10.7. The lowest BCUT2D eigenvalue weighted by molar-refractivity contribution is 0.107. The molecule has 2 aromatic heterocycles. The fourth-order valence-electron chi connectivity index (χ4n) is 8.95. The zero-order valence-corrected chi connectivity index (χ0v) is 26.4. The Labute approximate surface area is 274 Å². The first-order chi connectivity index (χ1) is 23.2. The summed E-state index contributed by atoms with van der Waals surface area (Å²) < 4.78 is 55.2. The molecule has 3 aromatic carbocycles. The molecule has 2 bridgehead atoms. The average Bonchev–Trinajstić information content (AvgIpc) is 3.78. The molecule has 48 heavy (non-hydrogen) atoms. The van der Waals surface area contributed by atoms with Crippen molar-refractivity contribution in [2.75, 3.05) is 37.7 Å². The number of hydrogen-bond acceptors (Lipinski definition) is 8. The molecule has 4 aliphatic heterocycles. The molecule has 12 heteroatoms. The number of rotatable bonds is 5. The monoisotopic (exact) mass is 653 g/mol. The number of nitrogens with zero attached hydrogens (tertiary/aromatic N) is 6. The summed E-state index contributed by atoms with van der Waals surface area (Å²) in [4.78, 5) is 14.1. The van der Waals surface area contributed by atoms with Crippen molar-refractivity contribution in [2.45, 2.75) is 55.9 Å². The SMILES string of the molecule is C#Cc1c(F)ccc2cc(O)cc(-c3c(F)c4nc(OC[C@@]56CCCN5C[C@H](F)C6)nc(N5[C@@H]6CC[C@H]5CNC6)c4c4cn(C)nc34)c12. The van der Waals surface area contributed by atoms with Crippen LogP contribution < -0.4 is 15.0 Å². The van der Waals surface area contributed by atoms with Crippen molar-refractivity contribution in [3.8, 4) is 35.2 Å². The number of alkyl halides is 1. The van der Waals surface area contributed by atoms with Crippen molar-refractivity contribution < 1.29 is 23.0 Å². The molecule has 246 valence electrons. The maximum Gasteiger partial charge on any atom is 0.319 e. The molecule has 9 rings (SSSR count). The molecule has 0 radical (unpaired) electrons. The van der Waals surface area contributed by atoms with Gasteiger partial charge in [0, 0.05) is 67.7 Å². The first kappa shape index (κ1) is 29.5. The zero-order valence-electron chi connectivity index (χ0n) is 26.4. The van der Waals surface area contributed by atoms with Crippen LogP contribution in [-0.4, -0.2) is 86.3 Å². The van der Waals surface area contributed by atoms with Crippen molar-refractivity contribution in [1.82, 2.24) is 30.0 Å². The highest BCUT2D eigenvalue weighted by Crippen LogP contribution is 2.47. The van der Waals surface area contributed by atoms with E-state index in [9.17, 15) is 9.50 Å². The summed E-state index contributed by atoms with van der Waals surface area (Å²) in [7, 11) is 1.75. The summed E-state index contributed by atoms with van der Waals surface area (Å²) in [6.07, 6.45) is 10.7. The molecular formula is C36H34F3N7O2. The van der Waals surface area contributed by atoms with Gasteiger partial charge in [-0.05, 0) is 61.4 Å². The van der Waals surface area contributed by atoms with Gasteiger partial charge in [0.05, 0.1) is 16.5 Å². The number of aromatic hydroxyl groups is 1. The molecule has 6 heterocycles. The number of aromatic nitrogens is 4. The Kier molecular flexibility index (Phi) is 6.59. The van der Waals surface area contributed by atoms with Crippen LogP contribution in [0.25, 0.3) is 43.7 Å². The minimum atomic E-state index is -0.924. The summed E-state index contributed by atoms with van der Waals surface area (Å²) in [6, 6.07) is 5.90. The minimum Gasteiger partial charge on any atom is -0.508 e. The number of phenolic OH excluding ortho intramolecular Hbond substituents is 1. The summed E-state index contributed by atoms with van der Waals surface area (Å²) in [5.41, 5.74) is 0.0812. The molecule has 4 atom stereocenters. The van der Waals surface area contributed by atoms with E-state index in [0.717, 1.165) is 45.3 Å². The molecule has 9 nitrogen and oxygen atoms in total. The molecule has 5 aromatic rings. The Morgan fingerprint density at radius 2 is 1.94 bits per heavy atom. The normalized spacial score (nSPS) is 25.4. The van der Waals surface area contributed by atoms with Gasteiger partial charge in [-0.25, -0.2) is 13.2 Å². The summed E-state index contributed by atoms with van der Waals surface area (Å²) in [6.45, 7) is 2.92. The number of halogens is 3. The Morgan fingerprint density at radius 3 is 2.73 bits per heavy atom. The number of aryl methyl sites for hydroxylation is 1. The highest BCUT2D eigenvalue weighted by atomic mass is 19.1. The van der Waals surface area contributed by atoms with E-state index >= 15 is 8.78 Å². The molecule has 4 fully saturated rings. The number of fused-ring (bicyclic) bond motifs is 7. The highest BCUT2D eigenvalue weighted by molar-refractivity contribution is 6.18. The number of phenols is 1. The number of benzene rings is 3. The third-order valence-electron chi connectivity index (χ3n) is 11.0. The summed E-state index contributed by atoms with van der Waals surface area (Å²) in [5, 5.41) is 20.8. The van der Waals surface area contributed by atoms with Gasteiger partial charge < -0.3 is 20.1 Å². The van der Waals surface area contributed by atoms with E-state index in [0.29, 0.717) is 40.5 Å². The van der Waals surface area contributed by atoms with Crippen LogP contribution >= 0.6 is 0 Å². The van der Waals surface area contributed by atoms with E-state index in [1.165, 1.54) is 24.3 Å². The molecule has 0 aliphatic carbocycles. The van der Waals surface area contributed by atoms with Gasteiger partial charge in [0.2, 0.25) is 0 Å². The molecule has 2 N–H and O–H groups in total. The quantitative estimate of drug-likeness (QED) is 0.251. The zero-order chi connectivity index (χ0) is 32.9. The van der Waals surface area contributed by atoms with Crippen LogP contribution in [0.3, 0.4) is 0 Å². The third-order valence-corrected chi connectivity index (χ3v) is 11.0. The third kappa shape index (κ3) is 4.30. The maximum absolute atomic E-state index is 17.5. The number of ether oxygens (including phenoxy) is 1. The number of hydrogen-bond donors (Lipinski definition) is 2. The molecule has 0 unspecified atom stereocenters. The number of terminal acetylenes is 1. The van der Waals surface area contributed by atoms with Crippen LogP contribution in [0.5, 0.6) is 11.8 Å². The first-order valence-corrected chi connectivity index (χ1v) is 16.5. The van der Waals surface area contributed by atoms with Gasteiger partial charge in [-0.3, -0.25) is 9.58 Å². The predicted octanol–water partition coefficient (Wildman–Crippen LogP) is 5.20. The van der Waals surface area contributed by atoms with Gasteiger partial charge in [-0.1, -0.05) is 12.0 Å². The number of anilines is 1. The topological polar surface area (TPSA) is 91.6 Å². The predicted molar refractivity (Wildman–Crippen MR) is 177 cm³/mol. The Balaban J connectivity index is 1.31. The van der Waals surface area contributed by atoms with Crippen molar-refractivity contribution in [3.63, 3.8) is 0 Å². The van der Waals surface area contributed by atoms with Crippen LogP contribution in [0.4, 0.5) is 19.0 Å². The number of nitrogens with one attached hydrogen (secondary N) is 1. The fourth-order valence-corrected chi connectivity index (χ4v) is 8.95. The van der Waals surface area contributed by atoms with Gasteiger partial charge in [0.1, 0.15) is 41.2 Å². The van der Waals surface area contributed by atoms with Crippen molar-refractivity contribution in [1.29, 1.82) is 0 Å². The van der Waals surface area contributed by atoms with E-state index in [4.69, 9.17) is 26.2 Å². The Hall–Kier alpha value is -4.60. The van der Waals surface area contributed by atoms with Gasteiger partial charge in [-0.15, -0.1) is 6.42 Å². The first-order valence-electron chi connectivity index (χ1n) is 16.5. The van der Waals surface area contributed by atoms with Crippen molar-refractivity contribution >= 4 is 38.4 Å². The van der Waals surface area contributed by atoms with E-state index in [-0.39, 0.29) is 58.0 Å². The molecule has 0 spiro atoms.